The highest BCUT2D eigenvalue weighted by molar-refractivity contribution is 5.93. The fourth-order valence-electron chi connectivity index (χ4n) is 3.38. The molecule has 0 unspecified atom stereocenters. The molecule has 5 nitrogen and oxygen atoms in total. The van der Waals surface area contributed by atoms with E-state index >= 15 is 0 Å². The van der Waals surface area contributed by atoms with Gasteiger partial charge in [0.1, 0.15) is 17.3 Å². The first-order valence-corrected chi connectivity index (χ1v) is 9.37. The number of carbonyl (C=O) groups is 1. The molecule has 1 amide bonds. The molecule has 0 radical (unpaired) electrons. The summed E-state index contributed by atoms with van der Waals surface area (Å²) >= 11 is 0. The number of rotatable bonds is 4. The molecule has 0 saturated carbocycles. The molecule has 0 aliphatic carbocycles. The van der Waals surface area contributed by atoms with Crippen LogP contribution in [0.1, 0.15) is 10.5 Å². The molecule has 0 bridgehead atoms. The zero-order valence-electron chi connectivity index (χ0n) is 15.7. The molecule has 2 aromatic carbocycles. The van der Waals surface area contributed by atoms with Crippen LogP contribution in [-0.4, -0.2) is 42.0 Å². The van der Waals surface area contributed by atoms with Gasteiger partial charge in [-0.1, -0.05) is 18.2 Å². The first kappa shape index (κ1) is 18.9. The summed E-state index contributed by atoms with van der Waals surface area (Å²) in [6.07, 6.45) is 1.55. The number of amides is 1. The first-order chi connectivity index (χ1) is 14.1. The number of pyridine rings is 1. The highest BCUT2D eigenvalue weighted by Gasteiger charge is 2.24. The van der Waals surface area contributed by atoms with E-state index in [9.17, 15) is 13.6 Å². The lowest BCUT2D eigenvalue weighted by Gasteiger charge is -2.36. The third-order valence-corrected chi connectivity index (χ3v) is 4.85. The number of para-hydroxylation sites is 1. The van der Waals surface area contributed by atoms with Crippen LogP contribution in [0.3, 0.4) is 0 Å². The van der Waals surface area contributed by atoms with Crippen LogP contribution in [0.15, 0.2) is 66.9 Å². The fourth-order valence-corrected chi connectivity index (χ4v) is 3.38. The minimum absolute atomic E-state index is 0.180. The lowest BCUT2D eigenvalue weighted by atomic mass is 10.2. The molecular formula is C22H20F2N4O. The summed E-state index contributed by atoms with van der Waals surface area (Å²) in [5.41, 5.74) is 2.11. The lowest BCUT2D eigenvalue weighted by Crippen LogP contribution is -2.49. The SMILES string of the molecule is O=C(c1cc(Nc2cccc(F)c2)ccn1)N1CCN(c2ccccc2F)CC1. The van der Waals surface area contributed by atoms with Gasteiger partial charge in [0.15, 0.2) is 0 Å². The molecule has 2 heterocycles. The Hall–Kier alpha value is -3.48. The standard InChI is InChI=1S/C22H20F2N4O/c23-16-4-3-5-17(14-16)26-18-8-9-25-20(15-18)22(29)28-12-10-27(11-13-28)21-7-2-1-6-19(21)24/h1-9,14-15H,10-13H2,(H,25,26). The van der Waals surface area contributed by atoms with Crippen molar-refractivity contribution in [1.82, 2.24) is 9.88 Å². The maximum Gasteiger partial charge on any atom is 0.272 e. The van der Waals surface area contributed by atoms with Gasteiger partial charge in [0.05, 0.1) is 5.69 Å². The van der Waals surface area contributed by atoms with Crippen molar-refractivity contribution in [1.29, 1.82) is 0 Å². The van der Waals surface area contributed by atoms with Crippen molar-refractivity contribution in [3.8, 4) is 0 Å². The van der Waals surface area contributed by atoms with Crippen LogP contribution in [0.25, 0.3) is 0 Å². The van der Waals surface area contributed by atoms with E-state index < -0.39 is 0 Å². The van der Waals surface area contributed by atoms with E-state index in [0.29, 0.717) is 48.9 Å². The van der Waals surface area contributed by atoms with Crippen molar-refractivity contribution in [2.24, 2.45) is 0 Å². The summed E-state index contributed by atoms with van der Waals surface area (Å²) in [5.74, 6) is -0.778. The van der Waals surface area contributed by atoms with Crippen LogP contribution in [0, 0.1) is 11.6 Å². The smallest absolute Gasteiger partial charge is 0.272 e. The Bertz CT molecular complexity index is 1020. The summed E-state index contributed by atoms with van der Waals surface area (Å²) in [7, 11) is 0. The molecule has 3 aromatic rings. The maximum absolute atomic E-state index is 14.0. The van der Waals surface area contributed by atoms with E-state index in [1.165, 1.54) is 18.2 Å². The first-order valence-electron chi connectivity index (χ1n) is 9.37. The Balaban J connectivity index is 1.42. The lowest BCUT2D eigenvalue weighted by molar-refractivity contribution is 0.0741. The second-order valence-electron chi connectivity index (χ2n) is 6.80. The van der Waals surface area contributed by atoms with Gasteiger partial charge in [-0.25, -0.2) is 8.78 Å². The van der Waals surface area contributed by atoms with Crippen molar-refractivity contribution in [3.63, 3.8) is 0 Å². The quantitative estimate of drug-likeness (QED) is 0.725. The van der Waals surface area contributed by atoms with Gasteiger partial charge in [-0.3, -0.25) is 9.78 Å². The molecule has 148 valence electrons. The third kappa shape index (κ3) is 4.34. The van der Waals surface area contributed by atoms with E-state index in [-0.39, 0.29) is 17.5 Å². The molecule has 1 N–H and O–H groups in total. The largest absolute Gasteiger partial charge is 0.366 e. The number of benzene rings is 2. The maximum atomic E-state index is 14.0. The average molecular weight is 394 g/mol. The molecule has 1 saturated heterocycles. The van der Waals surface area contributed by atoms with E-state index in [1.807, 2.05) is 4.90 Å². The van der Waals surface area contributed by atoms with Crippen LogP contribution >= 0.6 is 0 Å². The molecule has 29 heavy (non-hydrogen) atoms. The Morgan fingerprint density at radius 1 is 0.897 bits per heavy atom. The van der Waals surface area contributed by atoms with E-state index in [0.717, 1.165) is 0 Å². The number of carbonyl (C=O) groups excluding carboxylic acids is 1. The predicted molar refractivity (Wildman–Crippen MR) is 108 cm³/mol. The number of hydrogen-bond acceptors (Lipinski definition) is 4. The van der Waals surface area contributed by atoms with Crippen LogP contribution in [0.2, 0.25) is 0 Å². The molecule has 1 aromatic heterocycles. The van der Waals surface area contributed by atoms with Gasteiger partial charge in [-0.15, -0.1) is 0 Å². The molecule has 4 rings (SSSR count). The van der Waals surface area contributed by atoms with Gasteiger partial charge in [0.2, 0.25) is 0 Å². The number of hydrogen-bond donors (Lipinski definition) is 1. The predicted octanol–water partition coefficient (Wildman–Crippen LogP) is 4.07. The number of nitrogens with zero attached hydrogens (tertiary/aromatic N) is 3. The van der Waals surface area contributed by atoms with E-state index in [1.54, 1.807) is 53.6 Å². The molecule has 1 aliphatic rings. The number of aromatic nitrogens is 1. The van der Waals surface area contributed by atoms with Gasteiger partial charge in [0, 0.05) is 43.8 Å². The van der Waals surface area contributed by atoms with Gasteiger partial charge in [0.25, 0.3) is 5.91 Å². The van der Waals surface area contributed by atoms with E-state index in [4.69, 9.17) is 0 Å². The molecule has 7 heteroatoms. The molecule has 0 atom stereocenters. The highest BCUT2D eigenvalue weighted by Crippen LogP contribution is 2.22. The van der Waals surface area contributed by atoms with Crippen molar-refractivity contribution in [2.75, 3.05) is 36.4 Å². The van der Waals surface area contributed by atoms with Crippen molar-refractivity contribution < 1.29 is 13.6 Å². The zero-order valence-corrected chi connectivity index (χ0v) is 15.7. The molecular weight excluding hydrogens is 374 g/mol. The summed E-state index contributed by atoms with van der Waals surface area (Å²) in [6, 6.07) is 16.1. The minimum atomic E-state index is -0.340. The Morgan fingerprint density at radius 3 is 2.41 bits per heavy atom. The normalized spacial score (nSPS) is 14.0. The zero-order chi connectivity index (χ0) is 20.2. The summed E-state index contributed by atoms with van der Waals surface area (Å²) < 4.78 is 27.3. The summed E-state index contributed by atoms with van der Waals surface area (Å²) in [5, 5.41) is 3.08. The van der Waals surface area contributed by atoms with Gasteiger partial charge < -0.3 is 15.1 Å². The number of anilines is 3. The number of halogens is 2. The van der Waals surface area contributed by atoms with E-state index in [2.05, 4.69) is 10.3 Å². The van der Waals surface area contributed by atoms with Crippen LogP contribution in [-0.2, 0) is 0 Å². The molecule has 1 aliphatic heterocycles. The molecule has 0 spiro atoms. The number of piperazine rings is 1. The Kier molecular flexibility index (Phi) is 5.37. The minimum Gasteiger partial charge on any atom is -0.366 e. The summed E-state index contributed by atoms with van der Waals surface area (Å²) in [6.45, 7) is 2.06. The monoisotopic (exact) mass is 394 g/mol. The van der Waals surface area contributed by atoms with Crippen LogP contribution in [0.4, 0.5) is 25.8 Å². The van der Waals surface area contributed by atoms with Crippen LogP contribution in [0.5, 0.6) is 0 Å². The van der Waals surface area contributed by atoms with Crippen molar-refractivity contribution in [3.05, 3.63) is 84.2 Å². The van der Waals surface area contributed by atoms with Crippen molar-refractivity contribution in [2.45, 2.75) is 0 Å². The average Bonchev–Trinajstić information content (AvgIpc) is 2.74. The second-order valence-corrected chi connectivity index (χ2v) is 6.80. The van der Waals surface area contributed by atoms with Crippen molar-refractivity contribution >= 4 is 23.0 Å². The topological polar surface area (TPSA) is 48.5 Å². The second kappa shape index (κ2) is 8.26. The Labute approximate surface area is 167 Å². The van der Waals surface area contributed by atoms with Gasteiger partial charge in [-0.2, -0.15) is 0 Å². The Morgan fingerprint density at radius 2 is 1.66 bits per heavy atom. The molecule has 1 fully saturated rings. The van der Waals surface area contributed by atoms with Crippen LogP contribution < -0.4 is 10.2 Å². The summed E-state index contributed by atoms with van der Waals surface area (Å²) in [4.78, 5) is 20.7. The third-order valence-electron chi connectivity index (χ3n) is 4.85. The number of nitrogens with one attached hydrogen (secondary N) is 1. The fraction of sp³-hybridized carbons (Fsp3) is 0.182. The highest BCUT2D eigenvalue weighted by atomic mass is 19.1. The van der Waals surface area contributed by atoms with Gasteiger partial charge >= 0.3 is 0 Å². The van der Waals surface area contributed by atoms with Gasteiger partial charge in [-0.05, 0) is 42.5 Å².